The maximum absolute atomic E-state index is 4.88. The van der Waals surface area contributed by atoms with Crippen LogP contribution >= 0.6 is 0 Å². The molecule has 1 fully saturated rings. The maximum atomic E-state index is 4.88. The molecule has 1 saturated carbocycles. The summed E-state index contributed by atoms with van der Waals surface area (Å²) in [6.07, 6.45) is 3.80. The van der Waals surface area contributed by atoms with Crippen LogP contribution in [0.25, 0.3) is 0 Å². The van der Waals surface area contributed by atoms with E-state index >= 15 is 0 Å². The Bertz CT molecular complexity index is 408. The molecule has 0 unspecified atom stereocenters. The Balaban J connectivity index is 2.13. The lowest BCUT2D eigenvalue weighted by Gasteiger charge is -2.27. The first-order valence-corrected chi connectivity index (χ1v) is 6.39. The molecular weight excluding hydrogens is 198 g/mol. The van der Waals surface area contributed by atoms with Crippen molar-refractivity contribution in [2.75, 3.05) is 6.54 Å². The van der Waals surface area contributed by atoms with Crippen molar-refractivity contribution in [2.45, 2.75) is 58.0 Å². The van der Waals surface area contributed by atoms with E-state index in [-0.39, 0.29) is 5.54 Å². The van der Waals surface area contributed by atoms with Crippen LogP contribution in [0.1, 0.15) is 56.7 Å². The van der Waals surface area contributed by atoms with E-state index in [1.165, 1.54) is 30.1 Å². The molecule has 3 nitrogen and oxygen atoms in total. The quantitative estimate of drug-likeness (QED) is 0.784. The third kappa shape index (κ3) is 1.58. The molecule has 0 atom stereocenters. The summed E-state index contributed by atoms with van der Waals surface area (Å²) >= 11 is 0. The Morgan fingerprint density at radius 1 is 1.31 bits per heavy atom. The Kier molecular flexibility index (Phi) is 2.15. The minimum atomic E-state index is 0.176. The van der Waals surface area contributed by atoms with E-state index in [1.807, 2.05) is 0 Å². The van der Waals surface area contributed by atoms with Crippen LogP contribution in [0.15, 0.2) is 0 Å². The van der Waals surface area contributed by atoms with Crippen molar-refractivity contribution < 1.29 is 0 Å². The molecule has 1 aromatic heterocycles. The van der Waals surface area contributed by atoms with Crippen molar-refractivity contribution >= 4 is 0 Å². The SMILES string of the molecule is CC(C)(C)n1c(C2CC2)nc2c1CCNC2. The number of fused-ring (bicyclic) bond motifs is 1. The van der Waals surface area contributed by atoms with Gasteiger partial charge in [0.05, 0.1) is 5.69 Å². The number of hydrogen-bond acceptors (Lipinski definition) is 2. The van der Waals surface area contributed by atoms with Crippen LogP contribution in [-0.2, 0) is 18.5 Å². The van der Waals surface area contributed by atoms with Crippen LogP contribution in [-0.4, -0.2) is 16.1 Å². The Labute approximate surface area is 97.3 Å². The predicted octanol–water partition coefficient (Wildman–Crippen LogP) is 2.16. The zero-order valence-corrected chi connectivity index (χ0v) is 10.5. The van der Waals surface area contributed by atoms with E-state index < -0.39 is 0 Å². The van der Waals surface area contributed by atoms with Crippen LogP contribution in [0.4, 0.5) is 0 Å². The van der Waals surface area contributed by atoms with Gasteiger partial charge in [0.15, 0.2) is 0 Å². The second-order valence-corrected chi connectivity index (χ2v) is 6.07. The van der Waals surface area contributed by atoms with Crippen molar-refractivity contribution in [3.8, 4) is 0 Å². The van der Waals surface area contributed by atoms with E-state index in [0.717, 1.165) is 25.4 Å². The third-order valence-corrected chi connectivity index (χ3v) is 3.53. The Hall–Kier alpha value is -0.830. The second kappa shape index (κ2) is 3.33. The highest BCUT2D eigenvalue weighted by atomic mass is 15.2. The highest BCUT2D eigenvalue weighted by Gasteiger charge is 2.34. The monoisotopic (exact) mass is 219 g/mol. The van der Waals surface area contributed by atoms with Gasteiger partial charge >= 0.3 is 0 Å². The third-order valence-electron chi connectivity index (χ3n) is 3.53. The highest BCUT2D eigenvalue weighted by molar-refractivity contribution is 5.25. The lowest BCUT2D eigenvalue weighted by molar-refractivity contribution is 0.367. The standard InChI is InChI=1S/C13H21N3/c1-13(2,3)16-11-6-7-14-8-10(11)15-12(16)9-4-5-9/h9,14H,4-8H2,1-3H3. The van der Waals surface area contributed by atoms with Gasteiger partial charge in [-0.3, -0.25) is 0 Å². The average Bonchev–Trinajstić information content (AvgIpc) is 2.96. The fraction of sp³-hybridized carbons (Fsp3) is 0.769. The van der Waals surface area contributed by atoms with Gasteiger partial charge in [0.1, 0.15) is 5.82 Å². The zero-order chi connectivity index (χ0) is 11.3. The van der Waals surface area contributed by atoms with Gasteiger partial charge in [0, 0.05) is 36.7 Å². The topological polar surface area (TPSA) is 29.9 Å². The molecule has 88 valence electrons. The second-order valence-electron chi connectivity index (χ2n) is 6.07. The average molecular weight is 219 g/mol. The summed E-state index contributed by atoms with van der Waals surface area (Å²) in [5.74, 6) is 2.09. The number of aromatic nitrogens is 2. The fourth-order valence-corrected chi connectivity index (χ4v) is 2.70. The summed E-state index contributed by atoms with van der Waals surface area (Å²) in [5.41, 5.74) is 2.95. The first kappa shape index (κ1) is 10.3. The predicted molar refractivity (Wildman–Crippen MR) is 64.6 cm³/mol. The first-order valence-electron chi connectivity index (χ1n) is 6.39. The summed E-state index contributed by atoms with van der Waals surface area (Å²) in [6, 6.07) is 0. The molecule has 3 rings (SSSR count). The van der Waals surface area contributed by atoms with Crippen LogP contribution in [0.2, 0.25) is 0 Å². The molecule has 1 aliphatic heterocycles. The molecule has 0 bridgehead atoms. The van der Waals surface area contributed by atoms with Crippen LogP contribution < -0.4 is 5.32 Å². The number of nitrogens with zero attached hydrogens (tertiary/aromatic N) is 2. The molecular formula is C13H21N3. The molecule has 0 radical (unpaired) electrons. The van der Waals surface area contributed by atoms with Gasteiger partial charge in [0.2, 0.25) is 0 Å². The Morgan fingerprint density at radius 2 is 2.06 bits per heavy atom. The molecule has 16 heavy (non-hydrogen) atoms. The summed E-state index contributed by atoms with van der Waals surface area (Å²) < 4.78 is 2.51. The van der Waals surface area contributed by atoms with Crippen molar-refractivity contribution in [2.24, 2.45) is 0 Å². The minimum Gasteiger partial charge on any atom is -0.326 e. The van der Waals surface area contributed by atoms with E-state index in [9.17, 15) is 0 Å². The highest BCUT2D eigenvalue weighted by Crippen LogP contribution is 2.42. The van der Waals surface area contributed by atoms with Gasteiger partial charge in [0.25, 0.3) is 0 Å². The van der Waals surface area contributed by atoms with E-state index in [2.05, 4.69) is 30.7 Å². The van der Waals surface area contributed by atoms with Gasteiger partial charge < -0.3 is 9.88 Å². The van der Waals surface area contributed by atoms with Gasteiger partial charge in [-0.1, -0.05) is 0 Å². The number of rotatable bonds is 1. The van der Waals surface area contributed by atoms with Gasteiger partial charge in [-0.15, -0.1) is 0 Å². The molecule has 1 N–H and O–H groups in total. The van der Waals surface area contributed by atoms with Crippen LogP contribution in [0.3, 0.4) is 0 Å². The van der Waals surface area contributed by atoms with Gasteiger partial charge in [-0.25, -0.2) is 4.98 Å². The summed E-state index contributed by atoms with van der Waals surface area (Å²) in [6.45, 7) is 8.94. The molecule has 2 aliphatic rings. The Morgan fingerprint density at radius 3 is 2.69 bits per heavy atom. The molecule has 0 aromatic carbocycles. The molecule has 0 saturated heterocycles. The summed E-state index contributed by atoms with van der Waals surface area (Å²) in [7, 11) is 0. The number of imidazole rings is 1. The summed E-state index contributed by atoms with van der Waals surface area (Å²) in [4.78, 5) is 4.88. The van der Waals surface area contributed by atoms with E-state index in [0.29, 0.717) is 0 Å². The molecule has 2 heterocycles. The van der Waals surface area contributed by atoms with Crippen molar-refractivity contribution in [1.82, 2.24) is 14.9 Å². The molecule has 0 spiro atoms. The van der Waals surface area contributed by atoms with Crippen molar-refractivity contribution in [3.63, 3.8) is 0 Å². The minimum absolute atomic E-state index is 0.176. The summed E-state index contributed by atoms with van der Waals surface area (Å²) in [5, 5.41) is 3.42. The fourth-order valence-electron chi connectivity index (χ4n) is 2.70. The van der Waals surface area contributed by atoms with Gasteiger partial charge in [-0.2, -0.15) is 0 Å². The van der Waals surface area contributed by atoms with E-state index in [4.69, 9.17) is 4.98 Å². The molecule has 0 amide bonds. The zero-order valence-electron chi connectivity index (χ0n) is 10.5. The lowest BCUT2D eigenvalue weighted by Crippen LogP contribution is -2.30. The number of nitrogens with one attached hydrogen (secondary N) is 1. The van der Waals surface area contributed by atoms with Gasteiger partial charge in [-0.05, 0) is 33.6 Å². The molecule has 1 aromatic rings. The smallest absolute Gasteiger partial charge is 0.112 e. The first-order chi connectivity index (χ1) is 7.57. The largest absolute Gasteiger partial charge is 0.326 e. The van der Waals surface area contributed by atoms with Crippen LogP contribution in [0.5, 0.6) is 0 Å². The normalized spacial score (nSPS) is 20.9. The lowest BCUT2D eigenvalue weighted by atomic mass is 10.1. The molecule has 3 heteroatoms. The molecule has 1 aliphatic carbocycles. The van der Waals surface area contributed by atoms with Crippen LogP contribution in [0, 0.1) is 0 Å². The number of hydrogen-bond donors (Lipinski definition) is 1. The van der Waals surface area contributed by atoms with Crippen molar-refractivity contribution in [3.05, 3.63) is 17.2 Å². The van der Waals surface area contributed by atoms with Crippen molar-refractivity contribution in [1.29, 1.82) is 0 Å². The maximum Gasteiger partial charge on any atom is 0.112 e. The van der Waals surface area contributed by atoms with E-state index in [1.54, 1.807) is 0 Å².